The predicted octanol–water partition coefficient (Wildman–Crippen LogP) is 3.33. The van der Waals surface area contributed by atoms with Crippen LogP contribution in [0.25, 0.3) is 22.0 Å². The fourth-order valence-corrected chi connectivity index (χ4v) is 3.89. The van der Waals surface area contributed by atoms with Crippen LogP contribution in [0.3, 0.4) is 0 Å². The predicted molar refractivity (Wildman–Crippen MR) is 117 cm³/mol. The second-order valence-corrected chi connectivity index (χ2v) is 7.65. The van der Waals surface area contributed by atoms with E-state index in [0.29, 0.717) is 5.58 Å². The molecule has 1 amide bonds. The lowest BCUT2D eigenvalue weighted by Crippen LogP contribution is -2.35. The van der Waals surface area contributed by atoms with Gasteiger partial charge in [0, 0.05) is 35.8 Å². The van der Waals surface area contributed by atoms with Gasteiger partial charge in [-0.1, -0.05) is 0 Å². The van der Waals surface area contributed by atoms with E-state index >= 15 is 0 Å². The lowest BCUT2D eigenvalue weighted by Gasteiger charge is -2.25. The van der Waals surface area contributed by atoms with E-state index in [9.17, 15) is 4.79 Å². The highest BCUT2D eigenvalue weighted by Gasteiger charge is 2.14. The number of carbonyl (C=O) groups is 1. The first-order valence-corrected chi connectivity index (χ1v) is 10.3. The first-order valence-electron chi connectivity index (χ1n) is 10.3. The van der Waals surface area contributed by atoms with Crippen molar-refractivity contribution in [2.75, 3.05) is 38.7 Å². The molecule has 0 atom stereocenters. The van der Waals surface area contributed by atoms with Crippen molar-refractivity contribution in [3.63, 3.8) is 0 Å². The Morgan fingerprint density at radius 1 is 1.23 bits per heavy atom. The summed E-state index contributed by atoms with van der Waals surface area (Å²) in [5.74, 6) is 1.53. The number of morpholine rings is 1. The Labute approximate surface area is 179 Å². The number of carbonyl (C=O) groups excluding carboxylic acids is 1. The van der Waals surface area contributed by atoms with Gasteiger partial charge in [-0.05, 0) is 30.3 Å². The van der Waals surface area contributed by atoms with E-state index in [2.05, 4.69) is 20.2 Å². The van der Waals surface area contributed by atoms with E-state index in [1.165, 1.54) is 0 Å². The van der Waals surface area contributed by atoms with Crippen molar-refractivity contribution in [3.05, 3.63) is 54.0 Å². The van der Waals surface area contributed by atoms with E-state index in [1.807, 2.05) is 36.4 Å². The van der Waals surface area contributed by atoms with Crippen molar-refractivity contribution in [2.24, 2.45) is 0 Å². The molecule has 2 aromatic heterocycles. The summed E-state index contributed by atoms with van der Waals surface area (Å²) in [4.78, 5) is 23.0. The van der Waals surface area contributed by atoms with E-state index in [1.54, 1.807) is 13.4 Å². The minimum Gasteiger partial charge on any atom is -0.497 e. The summed E-state index contributed by atoms with van der Waals surface area (Å²) in [5, 5.41) is 3.88. The number of hydrogen-bond donors (Lipinski definition) is 2. The summed E-state index contributed by atoms with van der Waals surface area (Å²) in [6.45, 7) is 4.10. The highest BCUT2D eigenvalue weighted by molar-refractivity contribution is 5.96. The standard InChI is InChI=1S/C23H24N4O4/c1-29-17-3-4-18-15(14-31-21(18)12-17)10-23(28)24-16-2-5-19-20(11-16)26-22(25-19)13-27-6-8-30-9-7-27/h2-5,11-12,14H,6-10,13H2,1H3,(H,24,28)(H,25,26). The maximum absolute atomic E-state index is 12.6. The summed E-state index contributed by atoms with van der Waals surface area (Å²) in [6, 6.07) is 11.3. The van der Waals surface area contributed by atoms with E-state index in [-0.39, 0.29) is 12.3 Å². The minimum atomic E-state index is -0.106. The third-order valence-electron chi connectivity index (χ3n) is 5.51. The van der Waals surface area contributed by atoms with Gasteiger partial charge in [0.2, 0.25) is 5.91 Å². The Hall–Kier alpha value is -3.36. The van der Waals surface area contributed by atoms with Gasteiger partial charge in [-0.15, -0.1) is 0 Å². The van der Waals surface area contributed by atoms with Gasteiger partial charge in [0.05, 0.1) is 50.6 Å². The molecule has 1 fully saturated rings. The van der Waals surface area contributed by atoms with Crippen LogP contribution in [0.4, 0.5) is 5.69 Å². The Balaban J connectivity index is 1.27. The van der Waals surface area contributed by atoms with Crippen molar-refractivity contribution in [2.45, 2.75) is 13.0 Å². The van der Waals surface area contributed by atoms with Crippen molar-refractivity contribution in [1.82, 2.24) is 14.9 Å². The van der Waals surface area contributed by atoms with Gasteiger partial charge in [-0.2, -0.15) is 0 Å². The van der Waals surface area contributed by atoms with Crippen LogP contribution in [-0.4, -0.2) is 54.2 Å². The minimum absolute atomic E-state index is 0.106. The second-order valence-electron chi connectivity index (χ2n) is 7.65. The highest BCUT2D eigenvalue weighted by Crippen LogP contribution is 2.26. The zero-order valence-electron chi connectivity index (χ0n) is 17.3. The number of benzene rings is 2. The molecule has 0 radical (unpaired) electrons. The van der Waals surface area contributed by atoms with Crippen LogP contribution in [0, 0.1) is 0 Å². The van der Waals surface area contributed by atoms with Gasteiger partial charge in [-0.25, -0.2) is 4.98 Å². The molecule has 3 heterocycles. The molecule has 160 valence electrons. The number of ether oxygens (including phenoxy) is 2. The molecular weight excluding hydrogens is 396 g/mol. The number of aromatic amines is 1. The highest BCUT2D eigenvalue weighted by atomic mass is 16.5. The molecule has 8 heteroatoms. The number of aromatic nitrogens is 2. The maximum Gasteiger partial charge on any atom is 0.228 e. The monoisotopic (exact) mass is 420 g/mol. The van der Waals surface area contributed by atoms with Crippen LogP contribution >= 0.6 is 0 Å². The summed E-state index contributed by atoms with van der Waals surface area (Å²) in [5.41, 5.74) is 4.06. The van der Waals surface area contributed by atoms with Crippen molar-refractivity contribution in [3.8, 4) is 5.75 Å². The number of anilines is 1. The molecule has 1 aliphatic rings. The molecular formula is C23H24N4O4. The van der Waals surface area contributed by atoms with Gasteiger partial charge in [-0.3, -0.25) is 9.69 Å². The lowest BCUT2D eigenvalue weighted by molar-refractivity contribution is -0.115. The fourth-order valence-electron chi connectivity index (χ4n) is 3.89. The number of nitrogens with one attached hydrogen (secondary N) is 2. The smallest absolute Gasteiger partial charge is 0.228 e. The lowest BCUT2D eigenvalue weighted by atomic mass is 10.1. The van der Waals surface area contributed by atoms with Gasteiger partial charge in [0.15, 0.2) is 0 Å². The van der Waals surface area contributed by atoms with Gasteiger partial charge >= 0.3 is 0 Å². The molecule has 4 aromatic rings. The van der Waals surface area contributed by atoms with E-state index < -0.39 is 0 Å². The van der Waals surface area contributed by atoms with Crippen molar-refractivity contribution >= 4 is 33.6 Å². The van der Waals surface area contributed by atoms with Gasteiger partial charge < -0.3 is 24.2 Å². The van der Waals surface area contributed by atoms with Gasteiger partial charge in [0.25, 0.3) is 0 Å². The second kappa shape index (κ2) is 8.41. The number of H-pyrrole nitrogens is 1. The first kappa shape index (κ1) is 19.6. The fraction of sp³-hybridized carbons (Fsp3) is 0.304. The number of nitrogens with zero attached hydrogens (tertiary/aromatic N) is 2. The number of hydrogen-bond acceptors (Lipinski definition) is 6. The van der Waals surface area contributed by atoms with E-state index in [0.717, 1.165) is 72.1 Å². The number of methoxy groups -OCH3 is 1. The van der Waals surface area contributed by atoms with Crippen LogP contribution in [-0.2, 0) is 22.5 Å². The number of rotatable bonds is 6. The third-order valence-corrected chi connectivity index (χ3v) is 5.51. The molecule has 0 aliphatic carbocycles. The Morgan fingerprint density at radius 2 is 2.10 bits per heavy atom. The largest absolute Gasteiger partial charge is 0.497 e. The molecule has 1 saturated heterocycles. The summed E-state index contributed by atoms with van der Waals surface area (Å²) < 4.78 is 16.2. The van der Waals surface area contributed by atoms with Crippen LogP contribution < -0.4 is 10.1 Å². The summed E-state index contributed by atoms with van der Waals surface area (Å²) in [6.07, 6.45) is 1.85. The molecule has 1 aliphatic heterocycles. The number of amides is 1. The molecule has 0 bridgehead atoms. The topological polar surface area (TPSA) is 92.6 Å². The number of fused-ring (bicyclic) bond motifs is 2. The molecule has 31 heavy (non-hydrogen) atoms. The molecule has 0 saturated carbocycles. The average Bonchev–Trinajstić information content (AvgIpc) is 3.37. The van der Waals surface area contributed by atoms with Gasteiger partial charge in [0.1, 0.15) is 17.2 Å². The SMILES string of the molecule is COc1ccc2c(CC(=O)Nc3ccc4nc(CN5CCOCC5)[nH]c4c3)coc2c1. The number of imidazole rings is 1. The average molecular weight is 420 g/mol. The van der Waals surface area contributed by atoms with Crippen LogP contribution in [0.5, 0.6) is 5.75 Å². The molecule has 8 nitrogen and oxygen atoms in total. The Kier molecular flexibility index (Phi) is 5.31. The zero-order valence-corrected chi connectivity index (χ0v) is 17.3. The van der Waals surface area contributed by atoms with Crippen LogP contribution in [0.2, 0.25) is 0 Å². The normalized spacial score (nSPS) is 14.9. The summed E-state index contributed by atoms with van der Waals surface area (Å²) >= 11 is 0. The quantitative estimate of drug-likeness (QED) is 0.497. The summed E-state index contributed by atoms with van der Waals surface area (Å²) in [7, 11) is 1.61. The van der Waals surface area contributed by atoms with Crippen molar-refractivity contribution < 1.29 is 18.7 Å². The zero-order chi connectivity index (χ0) is 21.2. The molecule has 0 spiro atoms. The first-order chi connectivity index (χ1) is 15.2. The van der Waals surface area contributed by atoms with Crippen molar-refractivity contribution in [1.29, 1.82) is 0 Å². The molecule has 0 unspecified atom stereocenters. The molecule has 5 rings (SSSR count). The van der Waals surface area contributed by atoms with Crippen LogP contribution in [0.15, 0.2) is 47.1 Å². The van der Waals surface area contributed by atoms with Crippen LogP contribution in [0.1, 0.15) is 11.4 Å². The van der Waals surface area contributed by atoms with E-state index in [4.69, 9.17) is 13.9 Å². The third kappa shape index (κ3) is 4.26. The molecule has 2 aromatic carbocycles. The maximum atomic E-state index is 12.6. The number of furan rings is 1. The Bertz CT molecular complexity index is 1220. The Morgan fingerprint density at radius 3 is 2.94 bits per heavy atom. The molecule has 2 N–H and O–H groups in total.